The van der Waals surface area contributed by atoms with Crippen LogP contribution in [0.5, 0.6) is 0 Å². The molecule has 3 aromatic rings. The topological polar surface area (TPSA) is 49.6 Å². The summed E-state index contributed by atoms with van der Waals surface area (Å²) >= 11 is 0. The third kappa shape index (κ3) is 3.00. The van der Waals surface area contributed by atoms with Crippen molar-refractivity contribution in [2.24, 2.45) is 0 Å². The highest BCUT2D eigenvalue weighted by atomic mass is 19.1. The number of hydrogen-bond donors (Lipinski definition) is 1. The molecule has 0 saturated carbocycles. The van der Waals surface area contributed by atoms with E-state index >= 15 is 0 Å². The molecule has 1 unspecified atom stereocenters. The Bertz CT molecular complexity index is 936. The number of aryl methyl sites for hydroxylation is 1. The second-order valence-electron chi connectivity index (χ2n) is 6.37. The Morgan fingerprint density at radius 2 is 2.20 bits per heavy atom. The van der Waals surface area contributed by atoms with Gasteiger partial charge in [0.25, 0.3) is 5.91 Å². The lowest BCUT2D eigenvalue weighted by Crippen LogP contribution is -2.48. The van der Waals surface area contributed by atoms with E-state index in [-0.39, 0.29) is 17.8 Å². The van der Waals surface area contributed by atoms with Gasteiger partial charge in [0.1, 0.15) is 17.2 Å². The van der Waals surface area contributed by atoms with E-state index < -0.39 is 0 Å². The first kappa shape index (κ1) is 15.8. The molecule has 2 aromatic heterocycles. The number of halogens is 1. The van der Waals surface area contributed by atoms with Crippen molar-refractivity contribution in [1.29, 1.82) is 0 Å². The molecule has 1 amide bonds. The maximum atomic E-state index is 13.6. The lowest BCUT2D eigenvalue weighted by molar-refractivity contribution is 0.0628. The molecule has 1 atom stereocenters. The van der Waals surface area contributed by atoms with Crippen molar-refractivity contribution in [3.8, 4) is 0 Å². The molecule has 1 saturated heterocycles. The van der Waals surface area contributed by atoms with Gasteiger partial charge in [0.05, 0.1) is 6.04 Å². The highest BCUT2D eigenvalue weighted by Gasteiger charge is 2.30. The van der Waals surface area contributed by atoms with Crippen LogP contribution < -0.4 is 5.32 Å². The fourth-order valence-electron chi connectivity index (χ4n) is 3.29. The summed E-state index contributed by atoms with van der Waals surface area (Å²) in [4.78, 5) is 19.3. The first-order valence-electron chi connectivity index (χ1n) is 8.34. The molecule has 0 aliphatic carbocycles. The summed E-state index contributed by atoms with van der Waals surface area (Å²) in [6, 6.07) is 10.1. The SMILES string of the molecule is Cc1ccn2cc(C(=O)N3CCNCC3c3cccc(F)c3)nc2c1. The number of nitrogens with zero attached hydrogens (tertiary/aromatic N) is 3. The molecule has 4 rings (SSSR count). The Labute approximate surface area is 145 Å². The summed E-state index contributed by atoms with van der Waals surface area (Å²) in [7, 11) is 0. The molecule has 1 aromatic carbocycles. The van der Waals surface area contributed by atoms with E-state index in [2.05, 4.69) is 10.3 Å². The van der Waals surface area contributed by atoms with Gasteiger partial charge in [-0.15, -0.1) is 0 Å². The minimum Gasteiger partial charge on any atom is -0.328 e. The molecule has 0 bridgehead atoms. The molecular formula is C19H19FN4O. The van der Waals surface area contributed by atoms with Gasteiger partial charge in [0, 0.05) is 32.0 Å². The monoisotopic (exact) mass is 338 g/mol. The highest BCUT2D eigenvalue weighted by Crippen LogP contribution is 2.25. The van der Waals surface area contributed by atoms with Crippen LogP contribution in [0.1, 0.15) is 27.7 Å². The van der Waals surface area contributed by atoms with Gasteiger partial charge in [-0.3, -0.25) is 4.79 Å². The predicted molar refractivity (Wildman–Crippen MR) is 93.0 cm³/mol. The first-order valence-corrected chi connectivity index (χ1v) is 8.34. The minimum absolute atomic E-state index is 0.128. The Morgan fingerprint density at radius 3 is 3.04 bits per heavy atom. The van der Waals surface area contributed by atoms with Crippen molar-refractivity contribution >= 4 is 11.6 Å². The van der Waals surface area contributed by atoms with Crippen LogP contribution in [0.15, 0.2) is 48.8 Å². The average molecular weight is 338 g/mol. The average Bonchev–Trinajstić information content (AvgIpc) is 3.04. The van der Waals surface area contributed by atoms with E-state index in [1.807, 2.05) is 35.7 Å². The molecule has 6 heteroatoms. The van der Waals surface area contributed by atoms with Crippen molar-refractivity contribution < 1.29 is 9.18 Å². The molecule has 1 fully saturated rings. The molecule has 128 valence electrons. The van der Waals surface area contributed by atoms with Crippen LogP contribution in [0.4, 0.5) is 4.39 Å². The van der Waals surface area contributed by atoms with E-state index in [0.717, 1.165) is 16.8 Å². The number of piperazine rings is 1. The van der Waals surface area contributed by atoms with E-state index in [1.165, 1.54) is 12.1 Å². The molecule has 5 nitrogen and oxygen atoms in total. The van der Waals surface area contributed by atoms with Crippen molar-refractivity contribution in [1.82, 2.24) is 19.6 Å². The number of nitrogens with one attached hydrogen (secondary N) is 1. The maximum absolute atomic E-state index is 13.6. The van der Waals surface area contributed by atoms with Gasteiger partial charge >= 0.3 is 0 Å². The van der Waals surface area contributed by atoms with Crippen molar-refractivity contribution in [2.45, 2.75) is 13.0 Å². The summed E-state index contributed by atoms with van der Waals surface area (Å²) in [6.07, 6.45) is 3.65. The Morgan fingerprint density at radius 1 is 1.32 bits per heavy atom. The zero-order valence-corrected chi connectivity index (χ0v) is 13.9. The minimum atomic E-state index is -0.293. The van der Waals surface area contributed by atoms with Crippen LogP contribution >= 0.6 is 0 Å². The number of carbonyl (C=O) groups excluding carboxylic acids is 1. The number of benzene rings is 1. The summed E-state index contributed by atoms with van der Waals surface area (Å²) in [5, 5.41) is 3.28. The normalized spacial score (nSPS) is 17.8. The second-order valence-corrected chi connectivity index (χ2v) is 6.37. The number of hydrogen-bond acceptors (Lipinski definition) is 3. The summed E-state index contributed by atoms with van der Waals surface area (Å²) in [6.45, 7) is 3.87. The van der Waals surface area contributed by atoms with Crippen LogP contribution in [-0.2, 0) is 0 Å². The number of imidazole rings is 1. The first-order chi connectivity index (χ1) is 12.1. The lowest BCUT2D eigenvalue weighted by Gasteiger charge is -2.36. The zero-order chi connectivity index (χ0) is 17.4. The third-order valence-corrected chi connectivity index (χ3v) is 4.57. The van der Waals surface area contributed by atoms with Gasteiger partial charge in [-0.05, 0) is 42.3 Å². The van der Waals surface area contributed by atoms with Gasteiger partial charge in [0.15, 0.2) is 0 Å². The predicted octanol–water partition coefficient (Wildman–Crippen LogP) is 2.57. The smallest absolute Gasteiger partial charge is 0.274 e. The Hall–Kier alpha value is -2.73. The molecule has 1 aliphatic rings. The number of rotatable bonds is 2. The van der Waals surface area contributed by atoms with Crippen molar-refractivity contribution in [2.75, 3.05) is 19.6 Å². The van der Waals surface area contributed by atoms with Crippen molar-refractivity contribution in [3.05, 3.63) is 71.4 Å². The van der Waals surface area contributed by atoms with Gasteiger partial charge in [-0.1, -0.05) is 12.1 Å². The van der Waals surface area contributed by atoms with Gasteiger partial charge in [-0.2, -0.15) is 0 Å². The van der Waals surface area contributed by atoms with Crippen LogP contribution in [-0.4, -0.2) is 39.8 Å². The molecular weight excluding hydrogens is 319 g/mol. The molecule has 1 aliphatic heterocycles. The molecule has 25 heavy (non-hydrogen) atoms. The van der Waals surface area contributed by atoms with Crippen molar-refractivity contribution in [3.63, 3.8) is 0 Å². The summed E-state index contributed by atoms with van der Waals surface area (Å²) < 4.78 is 15.5. The van der Waals surface area contributed by atoms with Gasteiger partial charge in [0.2, 0.25) is 0 Å². The number of amides is 1. The number of pyridine rings is 1. The van der Waals surface area contributed by atoms with E-state index in [1.54, 1.807) is 17.2 Å². The van der Waals surface area contributed by atoms with Crippen LogP contribution in [0.2, 0.25) is 0 Å². The lowest BCUT2D eigenvalue weighted by atomic mass is 10.0. The summed E-state index contributed by atoms with van der Waals surface area (Å²) in [5.41, 5.74) is 3.05. The van der Waals surface area contributed by atoms with E-state index in [0.29, 0.717) is 25.3 Å². The fourth-order valence-corrected chi connectivity index (χ4v) is 3.29. The molecule has 0 spiro atoms. The summed E-state index contributed by atoms with van der Waals surface area (Å²) in [5.74, 6) is -0.421. The molecule has 3 heterocycles. The number of fused-ring (bicyclic) bond motifs is 1. The largest absolute Gasteiger partial charge is 0.328 e. The highest BCUT2D eigenvalue weighted by molar-refractivity contribution is 5.93. The van der Waals surface area contributed by atoms with Crippen LogP contribution in [0.25, 0.3) is 5.65 Å². The number of carbonyl (C=O) groups is 1. The van der Waals surface area contributed by atoms with E-state index in [4.69, 9.17) is 0 Å². The third-order valence-electron chi connectivity index (χ3n) is 4.57. The number of aromatic nitrogens is 2. The molecule has 0 radical (unpaired) electrons. The van der Waals surface area contributed by atoms with Gasteiger partial charge < -0.3 is 14.6 Å². The zero-order valence-electron chi connectivity index (χ0n) is 13.9. The van der Waals surface area contributed by atoms with Gasteiger partial charge in [-0.25, -0.2) is 9.37 Å². The quantitative estimate of drug-likeness (QED) is 0.781. The Balaban J connectivity index is 1.68. The van der Waals surface area contributed by atoms with E-state index in [9.17, 15) is 9.18 Å². The maximum Gasteiger partial charge on any atom is 0.274 e. The molecule has 1 N–H and O–H groups in total. The standard InChI is InChI=1S/C19H19FN4O/c1-13-5-7-23-12-16(22-18(23)9-13)19(25)24-8-6-21-11-17(24)14-3-2-4-15(20)10-14/h2-5,7,9-10,12,17,21H,6,8,11H2,1H3. The fraction of sp³-hybridized carbons (Fsp3) is 0.263. The second kappa shape index (κ2) is 6.29. The van der Waals surface area contributed by atoms with Crippen LogP contribution in [0, 0.1) is 12.7 Å². The Kier molecular flexibility index (Phi) is 3.97. The van der Waals surface area contributed by atoms with Crippen LogP contribution in [0.3, 0.4) is 0 Å².